The van der Waals surface area contributed by atoms with Gasteiger partial charge in [-0.15, -0.1) is 11.8 Å². The van der Waals surface area contributed by atoms with Gasteiger partial charge in [-0.3, -0.25) is 9.69 Å². The van der Waals surface area contributed by atoms with Gasteiger partial charge in [0.1, 0.15) is 25.3 Å². The van der Waals surface area contributed by atoms with Crippen LogP contribution in [0.5, 0.6) is 0 Å². The first-order valence-corrected chi connectivity index (χ1v) is 16.3. The number of carbonyl (C=O) groups is 4. The van der Waals surface area contributed by atoms with Gasteiger partial charge in [-0.25, -0.2) is 14.4 Å². The topological polar surface area (TPSA) is 183 Å². The van der Waals surface area contributed by atoms with Crippen LogP contribution in [-0.2, 0) is 25.7 Å². The zero-order valence-corrected chi connectivity index (χ0v) is 26.2. The Bertz CT molecular complexity index is 1620. The number of rotatable bonds is 13. The van der Waals surface area contributed by atoms with Crippen molar-refractivity contribution >= 4 is 41.5 Å². The molecule has 3 aromatic carbocycles. The van der Waals surface area contributed by atoms with E-state index in [0.29, 0.717) is 35.7 Å². The lowest BCUT2D eigenvalue weighted by molar-refractivity contribution is -0.139. The van der Waals surface area contributed by atoms with Crippen LogP contribution in [-0.4, -0.2) is 70.9 Å². The number of unbranched alkanes of at least 4 members (excludes halogenated alkanes) is 1. The fourth-order valence-corrected chi connectivity index (χ4v) is 6.76. The van der Waals surface area contributed by atoms with Crippen LogP contribution in [0.15, 0.2) is 77.9 Å². The standard InChI is InChI=1S/C33H34N6O7S/c34-38-37-22-14-12-21(13-15-22)17-46-33(44)39-20-47-19-29(39)30(40)35-16-6-5-11-28(31(41)42)36-32(43)45-18-27-25-9-3-1-7-23(25)24-8-2-4-10-26(24)27/h1-4,7-10,12-15,27-29H,5-6,11,16-20H2,(H,35,40)(H,36,43)(H,41,42). The fraction of sp³-hybridized carbons (Fsp3) is 0.333. The van der Waals surface area contributed by atoms with Crippen molar-refractivity contribution in [2.75, 3.05) is 24.8 Å². The monoisotopic (exact) mass is 658 g/mol. The number of hydrogen-bond acceptors (Lipinski definition) is 8. The van der Waals surface area contributed by atoms with Gasteiger partial charge in [-0.2, -0.15) is 0 Å². The van der Waals surface area contributed by atoms with E-state index >= 15 is 0 Å². The highest BCUT2D eigenvalue weighted by atomic mass is 32.2. The van der Waals surface area contributed by atoms with Gasteiger partial charge in [0.05, 0.1) is 5.88 Å². The Hall–Kier alpha value is -5.20. The van der Waals surface area contributed by atoms with Gasteiger partial charge in [0, 0.05) is 28.8 Å². The molecule has 2 atom stereocenters. The number of thioether (sulfide) groups is 1. The number of carboxylic acids is 1. The average molecular weight is 659 g/mol. The third-order valence-electron chi connectivity index (χ3n) is 8.03. The number of amides is 3. The number of azide groups is 1. The third kappa shape index (κ3) is 8.34. The smallest absolute Gasteiger partial charge is 0.411 e. The number of ether oxygens (including phenoxy) is 2. The summed E-state index contributed by atoms with van der Waals surface area (Å²) in [4.78, 5) is 54.1. The van der Waals surface area contributed by atoms with E-state index in [1.807, 2.05) is 48.5 Å². The highest BCUT2D eigenvalue weighted by Gasteiger charge is 2.35. The van der Waals surface area contributed by atoms with E-state index in [1.165, 1.54) is 16.7 Å². The van der Waals surface area contributed by atoms with E-state index in [2.05, 4.69) is 20.7 Å². The van der Waals surface area contributed by atoms with Gasteiger partial charge >= 0.3 is 18.2 Å². The number of aliphatic carboxylic acids is 1. The molecule has 13 nitrogen and oxygen atoms in total. The Labute approximate surface area is 275 Å². The Kier molecular flexibility index (Phi) is 11.2. The van der Waals surface area contributed by atoms with Gasteiger partial charge in [0.2, 0.25) is 5.91 Å². The predicted octanol–water partition coefficient (Wildman–Crippen LogP) is 5.92. The molecule has 47 heavy (non-hydrogen) atoms. The number of fused-ring (bicyclic) bond motifs is 3. The van der Waals surface area contributed by atoms with Gasteiger partial charge in [0.25, 0.3) is 0 Å². The molecule has 0 aromatic heterocycles. The quantitative estimate of drug-likeness (QED) is 0.0875. The number of nitrogens with zero attached hydrogens (tertiary/aromatic N) is 4. The molecule has 2 aliphatic rings. The van der Waals surface area contributed by atoms with Crippen LogP contribution < -0.4 is 10.6 Å². The molecule has 3 amide bonds. The SMILES string of the molecule is [N-]=[N+]=Nc1ccc(COC(=O)N2CSCC2C(=O)NCCCCC(NC(=O)OCC2c3ccccc3-c3ccccc32)C(=O)O)cc1. The summed E-state index contributed by atoms with van der Waals surface area (Å²) in [5, 5.41) is 18.4. The summed E-state index contributed by atoms with van der Waals surface area (Å²) in [5.74, 6) is -0.898. The van der Waals surface area contributed by atoms with Crippen LogP contribution in [0, 0.1) is 0 Å². The Morgan fingerprint density at radius 1 is 0.979 bits per heavy atom. The molecular weight excluding hydrogens is 624 g/mol. The summed E-state index contributed by atoms with van der Waals surface area (Å²) in [6.07, 6.45) is -0.374. The summed E-state index contributed by atoms with van der Waals surface area (Å²) >= 11 is 1.44. The summed E-state index contributed by atoms with van der Waals surface area (Å²) in [7, 11) is 0. The van der Waals surface area contributed by atoms with Crippen molar-refractivity contribution < 1.29 is 33.8 Å². The van der Waals surface area contributed by atoms with Crippen molar-refractivity contribution in [3.63, 3.8) is 0 Å². The second-order valence-electron chi connectivity index (χ2n) is 11.0. The van der Waals surface area contributed by atoms with Crippen LogP contribution in [0.25, 0.3) is 21.6 Å². The molecule has 1 heterocycles. The Morgan fingerprint density at radius 2 is 1.66 bits per heavy atom. The lowest BCUT2D eigenvalue weighted by Crippen LogP contribution is -2.47. The zero-order chi connectivity index (χ0) is 33.2. The van der Waals surface area contributed by atoms with Crippen molar-refractivity contribution in [1.29, 1.82) is 0 Å². The zero-order valence-electron chi connectivity index (χ0n) is 25.4. The number of alkyl carbamates (subject to hydrolysis) is 1. The number of carboxylic acid groups (broad SMARTS) is 1. The van der Waals surface area contributed by atoms with E-state index in [1.54, 1.807) is 24.3 Å². The summed E-state index contributed by atoms with van der Waals surface area (Å²) in [6.45, 7) is 0.353. The molecule has 0 saturated carbocycles. The van der Waals surface area contributed by atoms with E-state index in [0.717, 1.165) is 22.3 Å². The first-order chi connectivity index (χ1) is 22.9. The lowest BCUT2D eigenvalue weighted by atomic mass is 9.98. The molecule has 1 fully saturated rings. The maximum absolute atomic E-state index is 12.8. The van der Waals surface area contributed by atoms with Gasteiger partial charge < -0.3 is 25.2 Å². The molecule has 3 aromatic rings. The molecule has 3 N–H and O–H groups in total. The maximum atomic E-state index is 12.8. The van der Waals surface area contributed by atoms with Crippen LogP contribution >= 0.6 is 11.8 Å². The minimum atomic E-state index is -1.17. The number of hydrogen-bond donors (Lipinski definition) is 3. The number of nitrogens with one attached hydrogen (secondary N) is 2. The predicted molar refractivity (Wildman–Crippen MR) is 175 cm³/mol. The van der Waals surface area contributed by atoms with Crippen LogP contribution in [0.1, 0.15) is 41.9 Å². The molecule has 5 rings (SSSR count). The second kappa shape index (κ2) is 15.9. The lowest BCUT2D eigenvalue weighted by Gasteiger charge is -2.22. The van der Waals surface area contributed by atoms with Gasteiger partial charge in [0.15, 0.2) is 0 Å². The fourth-order valence-electron chi connectivity index (χ4n) is 5.62. The molecule has 2 unspecified atom stereocenters. The maximum Gasteiger partial charge on any atom is 0.411 e. The van der Waals surface area contributed by atoms with Crippen LogP contribution in [0.2, 0.25) is 0 Å². The van der Waals surface area contributed by atoms with Gasteiger partial charge in [-0.05, 0) is 52.6 Å². The molecular formula is C33H34N6O7S. The number of benzene rings is 3. The second-order valence-corrected chi connectivity index (χ2v) is 12.0. The highest BCUT2D eigenvalue weighted by molar-refractivity contribution is 7.99. The molecule has 1 aliphatic heterocycles. The van der Waals surface area contributed by atoms with Crippen molar-refractivity contribution in [2.24, 2.45) is 5.11 Å². The highest BCUT2D eigenvalue weighted by Crippen LogP contribution is 2.44. The summed E-state index contributed by atoms with van der Waals surface area (Å²) in [5.41, 5.74) is 14.0. The first kappa shape index (κ1) is 33.2. The van der Waals surface area contributed by atoms with Crippen molar-refractivity contribution in [3.05, 3.63) is 99.9 Å². The average Bonchev–Trinajstić information content (AvgIpc) is 3.70. The van der Waals surface area contributed by atoms with E-state index in [-0.39, 0.29) is 38.0 Å². The third-order valence-corrected chi connectivity index (χ3v) is 9.04. The molecule has 1 saturated heterocycles. The van der Waals surface area contributed by atoms with Crippen molar-refractivity contribution in [2.45, 2.75) is 43.9 Å². The summed E-state index contributed by atoms with van der Waals surface area (Å²) < 4.78 is 10.9. The first-order valence-electron chi connectivity index (χ1n) is 15.1. The molecule has 0 spiro atoms. The van der Waals surface area contributed by atoms with Crippen LogP contribution in [0.3, 0.4) is 0 Å². The van der Waals surface area contributed by atoms with Crippen LogP contribution in [0.4, 0.5) is 15.3 Å². The molecule has 0 bridgehead atoms. The Balaban J connectivity index is 1.02. The van der Waals surface area contributed by atoms with Gasteiger partial charge in [-0.1, -0.05) is 77.9 Å². The minimum Gasteiger partial charge on any atom is -0.480 e. The van der Waals surface area contributed by atoms with E-state index < -0.39 is 30.2 Å². The summed E-state index contributed by atoms with van der Waals surface area (Å²) in [6, 6.07) is 20.6. The minimum absolute atomic E-state index is 0.000293. The molecule has 1 aliphatic carbocycles. The molecule has 0 radical (unpaired) electrons. The normalized spacial score (nSPS) is 15.5. The van der Waals surface area contributed by atoms with E-state index in [9.17, 15) is 24.3 Å². The van der Waals surface area contributed by atoms with E-state index in [4.69, 9.17) is 15.0 Å². The molecule has 244 valence electrons. The largest absolute Gasteiger partial charge is 0.480 e. The Morgan fingerprint density at radius 3 is 2.32 bits per heavy atom. The van der Waals surface area contributed by atoms with Crippen molar-refractivity contribution in [3.8, 4) is 11.1 Å². The molecule has 14 heteroatoms. The number of carbonyl (C=O) groups excluding carboxylic acids is 3. The van der Waals surface area contributed by atoms with Crippen molar-refractivity contribution in [1.82, 2.24) is 15.5 Å².